The highest BCUT2D eigenvalue weighted by molar-refractivity contribution is 7.89. The van der Waals surface area contributed by atoms with E-state index in [9.17, 15) is 18.6 Å². The standard InChI is InChI=1S/C13H21NO4S/c1-4-13(8-15,9-16)14-19(17,18)12-6-5-10(2)7-11(12)3/h5-7,14-16H,4,8-9H2,1-3H3. The van der Waals surface area contributed by atoms with Crippen molar-refractivity contribution in [1.82, 2.24) is 4.72 Å². The van der Waals surface area contributed by atoms with Crippen LogP contribution in [0.25, 0.3) is 0 Å². The predicted octanol–water partition coefficient (Wildman–Crippen LogP) is 0.715. The molecular formula is C13H21NO4S. The van der Waals surface area contributed by atoms with Crippen molar-refractivity contribution in [2.24, 2.45) is 0 Å². The van der Waals surface area contributed by atoms with Gasteiger partial charge in [0.25, 0.3) is 0 Å². The summed E-state index contributed by atoms with van der Waals surface area (Å²) in [7, 11) is -3.77. The molecule has 0 saturated heterocycles. The van der Waals surface area contributed by atoms with Crippen LogP contribution >= 0.6 is 0 Å². The zero-order valence-corrected chi connectivity index (χ0v) is 12.3. The summed E-state index contributed by atoms with van der Waals surface area (Å²) < 4.78 is 27.1. The monoisotopic (exact) mass is 287 g/mol. The third kappa shape index (κ3) is 3.54. The fraction of sp³-hybridized carbons (Fsp3) is 0.538. The summed E-state index contributed by atoms with van der Waals surface area (Å²) in [6.45, 7) is 4.40. The minimum absolute atomic E-state index is 0.165. The maximum absolute atomic E-state index is 12.3. The Bertz CT molecular complexity index is 527. The third-order valence-electron chi connectivity index (χ3n) is 3.25. The Morgan fingerprint density at radius 3 is 2.21 bits per heavy atom. The first kappa shape index (κ1) is 16.1. The molecule has 0 amide bonds. The second kappa shape index (κ2) is 6.00. The van der Waals surface area contributed by atoms with Crippen molar-refractivity contribution in [1.29, 1.82) is 0 Å². The first-order valence-electron chi connectivity index (χ1n) is 6.13. The lowest BCUT2D eigenvalue weighted by Crippen LogP contribution is -2.53. The van der Waals surface area contributed by atoms with Gasteiger partial charge in [-0.1, -0.05) is 24.6 Å². The molecule has 0 aromatic heterocycles. The van der Waals surface area contributed by atoms with Gasteiger partial charge in [0.1, 0.15) is 0 Å². The number of nitrogens with one attached hydrogen (secondary N) is 1. The van der Waals surface area contributed by atoms with Gasteiger partial charge < -0.3 is 10.2 Å². The van der Waals surface area contributed by atoms with Crippen LogP contribution in [0, 0.1) is 13.8 Å². The number of sulfonamides is 1. The van der Waals surface area contributed by atoms with Crippen molar-refractivity contribution >= 4 is 10.0 Å². The van der Waals surface area contributed by atoms with Gasteiger partial charge in [-0.25, -0.2) is 13.1 Å². The zero-order chi connectivity index (χ0) is 14.7. The smallest absolute Gasteiger partial charge is 0.241 e. The number of benzene rings is 1. The third-order valence-corrected chi connectivity index (χ3v) is 4.99. The molecule has 0 bridgehead atoms. The lowest BCUT2D eigenvalue weighted by atomic mass is 10.0. The lowest BCUT2D eigenvalue weighted by Gasteiger charge is -2.29. The molecule has 0 aliphatic carbocycles. The van der Waals surface area contributed by atoms with E-state index in [1.807, 2.05) is 6.92 Å². The van der Waals surface area contributed by atoms with Crippen molar-refractivity contribution in [3.63, 3.8) is 0 Å². The summed E-state index contributed by atoms with van der Waals surface area (Å²) in [5.74, 6) is 0. The number of aliphatic hydroxyl groups excluding tert-OH is 2. The molecule has 0 fully saturated rings. The fourth-order valence-corrected chi connectivity index (χ4v) is 3.53. The Morgan fingerprint density at radius 2 is 1.79 bits per heavy atom. The topological polar surface area (TPSA) is 86.6 Å². The summed E-state index contributed by atoms with van der Waals surface area (Å²) in [5, 5.41) is 18.6. The van der Waals surface area contributed by atoms with Gasteiger partial charge in [-0.15, -0.1) is 0 Å². The van der Waals surface area contributed by atoms with E-state index in [0.717, 1.165) is 5.56 Å². The van der Waals surface area contributed by atoms with Gasteiger partial charge in [0.2, 0.25) is 10.0 Å². The second-order valence-corrected chi connectivity index (χ2v) is 6.48. The highest BCUT2D eigenvalue weighted by atomic mass is 32.2. The summed E-state index contributed by atoms with van der Waals surface area (Å²) in [4.78, 5) is 0.165. The Morgan fingerprint density at radius 1 is 1.21 bits per heavy atom. The van der Waals surface area contributed by atoms with E-state index in [1.54, 1.807) is 26.0 Å². The molecule has 108 valence electrons. The molecule has 0 aliphatic rings. The van der Waals surface area contributed by atoms with E-state index >= 15 is 0 Å². The molecule has 0 aliphatic heterocycles. The summed E-state index contributed by atoms with van der Waals surface area (Å²) in [5.41, 5.74) is 0.381. The van der Waals surface area contributed by atoms with Crippen LogP contribution in [0.4, 0.5) is 0 Å². The van der Waals surface area contributed by atoms with Gasteiger partial charge in [0.05, 0.1) is 23.6 Å². The molecule has 5 nitrogen and oxygen atoms in total. The molecule has 3 N–H and O–H groups in total. The van der Waals surface area contributed by atoms with E-state index in [2.05, 4.69) is 4.72 Å². The molecule has 0 heterocycles. The maximum atomic E-state index is 12.3. The van der Waals surface area contributed by atoms with E-state index in [0.29, 0.717) is 12.0 Å². The van der Waals surface area contributed by atoms with Crippen LogP contribution in [-0.4, -0.2) is 37.4 Å². The molecule has 0 spiro atoms. The molecular weight excluding hydrogens is 266 g/mol. The molecule has 1 aromatic rings. The highest BCUT2D eigenvalue weighted by Crippen LogP contribution is 2.20. The van der Waals surface area contributed by atoms with E-state index in [1.165, 1.54) is 6.07 Å². The molecule has 1 rings (SSSR count). The summed E-state index contributed by atoms with van der Waals surface area (Å²) >= 11 is 0. The average molecular weight is 287 g/mol. The van der Waals surface area contributed by atoms with E-state index in [4.69, 9.17) is 0 Å². The zero-order valence-electron chi connectivity index (χ0n) is 11.5. The van der Waals surface area contributed by atoms with Crippen molar-refractivity contribution in [2.75, 3.05) is 13.2 Å². The van der Waals surface area contributed by atoms with Gasteiger partial charge in [-0.2, -0.15) is 0 Å². The molecule has 6 heteroatoms. The van der Waals surface area contributed by atoms with Gasteiger partial charge in [-0.05, 0) is 31.9 Å². The number of rotatable bonds is 6. The van der Waals surface area contributed by atoms with Gasteiger partial charge in [0, 0.05) is 0 Å². The highest BCUT2D eigenvalue weighted by Gasteiger charge is 2.33. The van der Waals surface area contributed by atoms with E-state index in [-0.39, 0.29) is 4.90 Å². The van der Waals surface area contributed by atoms with Crippen molar-refractivity contribution in [3.05, 3.63) is 29.3 Å². The van der Waals surface area contributed by atoms with Gasteiger partial charge >= 0.3 is 0 Å². The Kier molecular flexibility index (Phi) is 5.09. The molecule has 19 heavy (non-hydrogen) atoms. The van der Waals surface area contributed by atoms with Gasteiger partial charge in [0.15, 0.2) is 0 Å². The van der Waals surface area contributed by atoms with Crippen LogP contribution in [0.5, 0.6) is 0 Å². The molecule has 1 aromatic carbocycles. The number of aryl methyl sites for hydroxylation is 2. The molecule has 0 unspecified atom stereocenters. The second-order valence-electron chi connectivity index (χ2n) is 4.82. The number of hydrogen-bond acceptors (Lipinski definition) is 4. The van der Waals surface area contributed by atoms with E-state index < -0.39 is 28.8 Å². The van der Waals surface area contributed by atoms with Crippen molar-refractivity contribution in [2.45, 2.75) is 37.6 Å². The van der Waals surface area contributed by atoms with Crippen LogP contribution in [0.3, 0.4) is 0 Å². The first-order chi connectivity index (χ1) is 8.80. The molecule has 0 saturated carbocycles. The summed E-state index contributed by atoms with van der Waals surface area (Å²) in [6.07, 6.45) is 0.296. The Labute approximate surface area is 114 Å². The van der Waals surface area contributed by atoms with Gasteiger partial charge in [-0.3, -0.25) is 0 Å². The molecule has 0 atom stereocenters. The quantitative estimate of drug-likeness (QED) is 0.719. The van der Waals surface area contributed by atoms with Crippen LogP contribution in [0.1, 0.15) is 24.5 Å². The average Bonchev–Trinajstić information content (AvgIpc) is 2.35. The Hall–Kier alpha value is -0.950. The summed E-state index contributed by atoms with van der Waals surface area (Å²) in [6, 6.07) is 5.02. The first-order valence-corrected chi connectivity index (χ1v) is 7.61. The fourth-order valence-electron chi connectivity index (χ4n) is 1.85. The van der Waals surface area contributed by atoms with Crippen LogP contribution in [0.15, 0.2) is 23.1 Å². The van der Waals surface area contributed by atoms with Crippen LogP contribution < -0.4 is 4.72 Å². The number of aliphatic hydroxyl groups is 2. The molecule has 0 radical (unpaired) electrons. The largest absolute Gasteiger partial charge is 0.394 e. The SMILES string of the molecule is CCC(CO)(CO)NS(=O)(=O)c1ccc(C)cc1C. The van der Waals surface area contributed by atoms with Crippen molar-refractivity contribution in [3.8, 4) is 0 Å². The lowest BCUT2D eigenvalue weighted by molar-refractivity contribution is 0.105. The van der Waals surface area contributed by atoms with Crippen LogP contribution in [0.2, 0.25) is 0 Å². The van der Waals surface area contributed by atoms with Crippen LogP contribution in [-0.2, 0) is 10.0 Å². The minimum Gasteiger partial charge on any atom is -0.394 e. The predicted molar refractivity (Wildman–Crippen MR) is 73.4 cm³/mol. The maximum Gasteiger partial charge on any atom is 0.241 e. The normalized spacial score (nSPS) is 12.7. The number of hydrogen-bond donors (Lipinski definition) is 3. The van der Waals surface area contributed by atoms with Crippen molar-refractivity contribution < 1.29 is 18.6 Å². The Balaban J connectivity index is 3.17. The minimum atomic E-state index is -3.77.